The predicted octanol–water partition coefficient (Wildman–Crippen LogP) is 0.589. The van der Waals surface area contributed by atoms with Crippen molar-refractivity contribution in [2.75, 3.05) is 26.3 Å². The van der Waals surface area contributed by atoms with E-state index in [4.69, 9.17) is 9.84 Å². The van der Waals surface area contributed by atoms with Crippen LogP contribution in [0.15, 0.2) is 0 Å². The number of alkyl halides is 3. The molecule has 0 aromatic rings. The van der Waals surface area contributed by atoms with Crippen molar-refractivity contribution in [2.45, 2.75) is 18.8 Å². The van der Waals surface area contributed by atoms with E-state index < -0.39 is 12.4 Å². The smallest absolute Gasteiger partial charge is 0.394 e. The van der Waals surface area contributed by atoms with Gasteiger partial charge in [-0.05, 0) is 6.42 Å². The zero-order valence-electron chi connectivity index (χ0n) is 7.05. The molecule has 0 amide bonds. The van der Waals surface area contributed by atoms with Gasteiger partial charge in [0.05, 0.1) is 19.3 Å². The van der Waals surface area contributed by atoms with Crippen LogP contribution < -0.4 is 0 Å². The van der Waals surface area contributed by atoms with Gasteiger partial charge < -0.3 is 9.84 Å². The quantitative estimate of drug-likeness (QED) is 0.675. The molecule has 0 spiro atoms. The highest BCUT2D eigenvalue weighted by Crippen LogP contribution is 2.26. The predicted molar refractivity (Wildman–Crippen MR) is 39.1 cm³/mol. The van der Waals surface area contributed by atoms with Crippen LogP contribution in [0.1, 0.15) is 6.42 Å². The summed E-state index contributed by atoms with van der Waals surface area (Å²) in [6.07, 6.45) is -4.27. The van der Waals surface area contributed by atoms with Gasteiger partial charge in [-0.2, -0.15) is 13.2 Å². The van der Waals surface area contributed by atoms with Crippen molar-refractivity contribution in [3.63, 3.8) is 0 Å². The minimum atomic E-state index is -4.25. The Hall–Kier alpha value is -0.330. The van der Waals surface area contributed by atoms with Crippen molar-refractivity contribution in [1.82, 2.24) is 4.90 Å². The molecule has 0 aromatic carbocycles. The molecule has 1 aliphatic heterocycles. The number of halogens is 3. The normalized spacial score (nSPS) is 25.4. The number of hydrogen-bond acceptors (Lipinski definition) is 3. The molecule has 6 heteroatoms. The Morgan fingerprint density at radius 3 is 2.62 bits per heavy atom. The molecule has 0 bridgehead atoms. The standard InChI is InChI=1S/C7H12F3NO2/c8-7(9,10)11-2-1-6(5-11)13-4-3-12/h6,12H,1-5H2/t6-/m1/s1. The average molecular weight is 199 g/mol. The van der Waals surface area contributed by atoms with Gasteiger partial charge in [0, 0.05) is 13.1 Å². The number of likely N-dealkylation sites (tertiary alicyclic amines) is 1. The monoisotopic (exact) mass is 199 g/mol. The van der Waals surface area contributed by atoms with Crippen LogP contribution in [0.5, 0.6) is 0 Å². The summed E-state index contributed by atoms with van der Waals surface area (Å²) in [5, 5.41) is 8.39. The maximum absolute atomic E-state index is 12.1. The molecule has 0 unspecified atom stereocenters. The van der Waals surface area contributed by atoms with Crippen LogP contribution in [-0.2, 0) is 4.74 Å². The lowest BCUT2D eigenvalue weighted by molar-refractivity contribution is -0.240. The van der Waals surface area contributed by atoms with Crippen molar-refractivity contribution in [3.05, 3.63) is 0 Å². The first-order valence-corrected chi connectivity index (χ1v) is 4.08. The summed E-state index contributed by atoms with van der Waals surface area (Å²) in [7, 11) is 0. The largest absolute Gasteiger partial charge is 0.460 e. The van der Waals surface area contributed by atoms with Gasteiger partial charge in [0.2, 0.25) is 0 Å². The number of aliphatic hydroxyl groups is 1. The number of ether oxygens (including phenoxy) is 1. The second-order valence-electron chi connectivity index (χ2n) is 2.92. The minimum Gasteiger partial charge on any atom is -0.394 e. The summed E-state index contributed by atoms with van der Waals surface area (Å²) >= 11 is 0. The summed E-state index contributed by atoms with van der Waals surface area (Å²) in [6, 6.07) is 0. The maximum atomic E-state index is 12.1. The zero-order chi connectivity index (χ0) is 9.90. The van der Waals surface area contributed by atoms with E-state index in [2.05, 4.69) is 0 Å². The van der Waals surface area contributed by atoms with Gasteiger partial charge in [0.1, 0.15) is 0 Å². The van der Waals surface area contributed by atoms with Gasteiger partial charge in [0.25, 0.3) is 0 Å². The summed E-state index contributed by atoms with van der Waals surface area (Å²) in [5.41, 5.74) is 0. The Morgan fingerprint density at radius 2 is 2.15 bits per heavy atom. The Bertz CT molecular complexity index is 162. The Labute approximate surface area is 74.1 Å². The van der Waals surface area contributed by atoms with Crippen LogP contribution in [0.25, 0.3) is 0 Å². The molecule has 1 heterocycles. The lowest BCUT2D eigenvalue weighted by Crippen LogP contribution is -2.36. The van der Waals surface area contributed by atoms with E-state index in [1.165, 1.54) is 0 Å². The molecule has 0 aromatic heterocycles. The molecule has 1 saturated heterocycles. The topological polar surface area (TPSA) is 32.7 Å². The molecule has 0 radical (unpaired) electrons. The fraction of sp³-hybridized carbons (Fsp3) is 1.00. The Balaban J connectivity index is 2.28. The highest BCUT2D eigenvalue weighted by molar-refractivity contribution is 4.77. The maximum Gasteiger partial charge on any atom is 0.460 e. The third kappa shape index (κ3) is 3.13. The van der Waals surface area contributed by atoms with E-state index in [0.717, 1.165) is 0 Å². The van der Waals surface area contributed by atoms with Crippen LogP contribution in [0, 0.1) is 0 Å². The van der Waals surface area contributed by atoms with Crippen molar-refractivity contribution in [1.29, 1.82) is 0 Å². The highest BCUT2D eigenvalue weighted by atomic mass is 19.4. The molecule has 1 rings (SSSR count). The van der Waals surface area contributed by atoms with E-state index in [0.29, 0.717) is 11.3 Å². The molecule has 1 N–H and O–H groups in total. The Kier molecular flexibility index (Phi) is 3.52. The van der Waals surface area contributed by atoms with Crippen molar-refractivity contribution in [3.8, 4) is 0 Å². The van der Waals surface area contributed by atoms with Gasteiger partial charge >= 0.3 is 6.30 Å². The molecule has 0 aliphatic carbocycles. The minimum absolute atomic E-state index is 0.0143. The van der Waals surface area contributed by atoms with Gasteiger partial charge in [-0.1, -0.05) is 0 Å². The summed E-state index contributed by atoms with van der Waals surface area (Å²) in [4.78, 5) is 0.426. The molecule has 3 nitrogen and oxygen atoms in total. The highest BCUT2D eigenvalue weighted by Gasteiger charge is 2.41. The molecule has 0 saturated carbocycles. The van der Waals surface area contributed by atoms with Crippen LogP contribution >= 0.6 is 0 Å². The number of hydrogen-bond donors (Lipinski definition) is 1. The van der Waals surface area contributed by atoms with Crippen LogP contribution in [0.4, 0.5) is 13.2 Å². The van der Waals surface area contributed by atoms with Crippen molar-refractivity contribution < 1.29 is 23.0 Å². The first-order valence-electron chi connectivity index (χ1n) is 4.08. The fourth-order valence-electron chi connectivity index (χ4n) is 1.31. The molecule has 13 heavy (non-hydrogen) atoms. The van der Waals surface area contributed by atoms with Gasteiger partial charge in [-0.25, -0.2) is 4.90 Å². The van der Waals surface area contributed by atoms with E-state index in [1.54, 1.807) is 0 Å². The second kappa shape index (κ2) is 4.26. The molecular formula is C7H12F3NO2. The van der Waals surface area contributed by atoms with Crippen molar-refractivity contribution in [2.24, 2.45) is 0 Å². The summed E-state index contributed by atoms with van der Waals surface area (Å²) in [5.74, 6) is 0. The average Bonchev–Trinajstić information content (AvgIpc) is 2.47. The van der Waals surface area contributed by atoms with Crippen LogP contribution in [0.2, 0.25) is 0 Å². The van der Waals surface area contributed by atoms with Gasteiger partial charge in [-0.3, -0.25) is 0 Å². The Morgan fingerprint density at radius 1 is 1.46 bits per heavy atom. The van der Waals surface area contributed by atoms with Crippen LogP contribution in [-0.4, -0.2) is 48.7 Å². The van der Waals surface area contributed by atoms with Gasteiger partial charge in [-0.15, -0.1) is 0 Å². The second-order valence-corrected chi connectivity index (χ2v) is 2.92. The molecule has 1 atom stereocenters. The van der Waals surface area contributed by atoms with Gasteiger partial charge in [0.15, 0.2) is 0 Å². The van der Waals surface area contributed by atoms with Crippen molar-refractivity contribution >= 4 is 0 Å². The lowest BCUT2D eigenvalue weighted by Gasteiger charge is -2.18. The first-order chi connectivity index (χ1) is 6.04. The number of aliphatic hydroxyl groups excluding tert-OH is 1. The summed E-state index contributed by atoms with van der Waals surface area (Å²) < 4.78 is 41.2. The molecular weight excluding hydrogens is 187 g/mol. The van der Waals surface area contributed by atoms with E-state index in [-0.39, 0.29) is 26.3 Å². The zero-order valence-corrected chi connectivity index (χ0v) is 7.05. The molecule has 1 fully saturated rings. The number of rotatable bonds is 3. The fourth-order valence-corrected chi connectivity index (χ4v) is 1.31. The summed E-state index contributed by atoms with van der Waals surface area (Å²) in [6.45, 7) is -0.179. The third-order valence-corrected chi connectivity index (χ3v) is 1.95. The first kappa shape index (κ1) is 10.7. The van der Waals surface area contributed by atoms with E-state index >= 15 is 0 Å². The lowest BCUT2D eigenvalue weighted by atomic mass is 10.3. The van der Waals surface area contributed by atoms with E-state index in [9.17, 15) is 13.2 Å². The van der Waals surface area contributed by atoms with E-state index in [1.807, 2.05) is 0 Å². The molecule has 78 valence electrons. The SMILES string of the molecule is OCCO[C@@H]1CCN(C(F)(F)F)C1. The third-order valence-electron chi connectivity index (χ3n) is 1.95. The molecule has 1 aliphatic rings. The van der Waals surface area contributed by atoms with Crippen LogP contribution in [0.3, 0.4) is 0 Å². The number of nitrogens with zero attached hydrogens (tertiary/aromatic N) is 1.